The third-order valence-electron chi connectivity index (χ3n) is 4.81. The number of ether oxygens (including phenoxy) is 3. The van der Waals surface area contributed by atoms with Crippen molar-refractivity contribution in [1.29, 1.82) is 0 Å². The number of allylic oxidation sites excluding steroid dienone is 1. The number of carbonyl (C=O) groups is 1. The van der Waals surface area contributed by atoms with Gasteiger partial charge in [0.1, 0.15) is 5.75 Å². The highest BCUT2D eigenvalue weighted by atomic mass is 16.7. The van der Waals surface area contributed by atoms with Crippen LogP contribution in [0.1, 0.15) is 32.9 Å². The average Bonchev–Trinajstić information content (AvgIpc) is 3.31. The molecule has 0 spiro atoms. The Balaban J connectivity index is 1.55. The third kappa shape index (κ3) is 4.01. The summed E-state index contributed by atoms with van der Waals surface area (Å²) in [4.78, 5) is 12.5. The molecule has 148 valence electrons. The van der Waals surface area contributed by atoms with Gasteiger partial charge in [-0.05, 0) is 61.9 Å². The molecule has 0 N–H and O–H groups in total. The molecule has 6 nitrogen and oxygen atoms in total. The number of fused-ring (bicyclic) bond motifs is 1. The molecule has 0 saturated carbocycles. The van der Waals surface area contributed by atoms with Crippen LogP contribution in [-0.4, -0.2) is 29.5 Å². The molecule has 0 bridgehead atoms. The summed E-state index contributed by atoms with van der Waals surface area (Å²) >= 11 is 0. The first-order valence-corrected chi connectivity index (χ1v) is 9.33. The summed E-state index contributed by atoms with van der Waals surface area (Å²) in [5.74, 6) is 1.95. The standard InChI is InChI=1S/C23H22N2O4/c1-15-10-16(2)25(24-15)13-19-11-17(5-8-21(19)27-3)4-7-20(26)18-6-9-22-23(12-18)29-14-28-22/h4-12H,13-14H2,1-3H3/b7-4+. The molecule has 0 radical (unpaired) electrons. The minimum atomic E-state index is -0.0980. The number of nitrogens with zero attached hydrogens (tertiary/aromatic N) is 2. The lowest BCUT2D eigenvalue weighted by molar-refractivity contribution is 0.104. The molecule has 2 heterocycles. The van der Waals surface area contributed by atoms with Crippen molar-refractivity contribution in [3.8, 4) is 17.2 Å². The van der Waals surface area contributed by atoms with Crippen molar-refractivity contribution in [3.63, 3.8) is 0 Å². The van der Waals surface area contributed by atoms with E-state index in [2.05, 4.69) is 5.10 Å². The summed E-state index contributed by atoms with van der Waals surface area (Å²) in [5.41, 5.74) is 4.53. The second-order valence-electron chi connectivity index (χ2n) is 6.92. The molecule has 0 saturated heterocycles. The number of benzene rings is 2. The van der Waals surface area contributed by atoms with Crippen LogP contribution in [0.3, 0.4) is 0 Å². The van der Waals surface area contributed by atoms with Gasteiger partial charge in [0.05, 0.1) is 19.3 Å². The van der Waals surface area contributed by atoms with Crippen LogP contribution in [0.5, 0.6) is 17.2 Å². The third-order valence-corrected chi connectivity index (χ3v) is 4.81. The summed E-state index contributed by atoms with van der Waals surface area (Å²) in [6.45, 7) is 4.79. The van der Waals surface area contributed by atoms with Gasteiger partial charge in [0.2, 0.25) is 6.79 Å². The largest absolute Gasteiger partial charge is 0.496 e. The Morgan fingerprint density at radius 1 is 1.14 bits per heavy atom. The van der Waals surface area contributed by atoms with Crippen LogP contribution < -0.4 is 14.2 Å². The first-order valence-electron chi connectivity index (χ1n) is 9.33. The fourth-order valence-electron chi connectivity index (χ4n) is 3.34. The van der Waals surface area contributed by atoms with Crippen LogP contribution in [0.25, 0.3) is 6.08 Å². The second kappa shape index (κ2) is 7.83. The molecule has 1 aromatic heterocycles. The Morgan fingerprint density at radius 2 is 1.97 bits per heavy atom. The van der Waals surface area contributed by atoms with Gasteiger partial charge in [-0.1, -0.05) is 12.1 Å². The smallest absolute Gasteiger partial charge is 0.231 e. The molecule has 0 atom stereocenters. The van der Waals surface area contributed by atoms with Crippen LogP contribution in [0, 0.1) is 13.8 Å². The Bertz CT molecular complexity index is 1100. The van der Waals surface area contributed by atoms with E-state index in [0.29, 0.717) is 23.6 Å². The molecule has 29 heavy (non-hydrogen) atoms. The Hall–Kier alpha value is -3.54. The van der Waals surface area contributed by atoms with Gasteiger partial charge in [0.25, 0.3) is 0 Å². The fraction of sp³-hybridized carbons (Fsp3) is 0.217. The van der Waals surface area contributed by atoms with E-state index in [0.717, 1.165) is 28.3 Å². The molecule has 2 aromatic carbocycles. The van der Waals surface area contributed by atoms with E-state index in [1.165, 1.54) is 0 Å². The van der Waals surface area contributed by atoms with Crippen molar-refractivity contribution >= 4 is 11.9 Å². The highest BCUT2D eigenvalue weighted by Gasteiger charge is 2.15. The quantitative estimate of drug-likeness (QED) is 0.467. The van der Waals surface area contributed by atoms with Crippen molar-refractivity contribution in [3.05, 3.63) is 76.6 Å². The van der Waals surface area contributed by atoms with Crippen molar-refractivity contribution in [2.75, 3.05) is 13.9 Å². The van der Waals surface area contributed by atoms with Crippen LogP contribution in [0.4, 0.5) is 0 Å². The molecule has 0 unspecified atom stereocenters. The van der Waals surface area contributed by atoms with Gasteiger partial charge in [-0.15, -0.1) is 0 Å². The first kappa shape index (κ1) is 18.8. The van der Waals surface area contributed by atoms with Gasteiger partial charge in [-0.2, -0.15) is 5.10 Å². The van der Waals surface area contributed by atoms with Crippen LogP contribution >= 0.6 is 0 Å². The van der Waals surface area contributed by atoms with E-state index in [4.69, 9.17) is 14.2 Å². The van der Waals surface area contributed by atoms with Gasteiger partial charge >= 0.3 is 0 Å². The molecule has 0 fully saturated rings. The molecule has 1 aliphatic rings. The number of hydrogen-bond donors (Lipinski definition) is 0. The van der Waals surface area contributed by atoms with Crippen molar-refractivity contribution < 1.29 is 19.0 Å². The van der Waals surface area contributed by atoms with Crippen LogP contribution in [0.2, 0.25) is 0 Å². The lowest BCUT2D eigenvalue weighted by atomic mass is 10.1. The number of methoxy groups -OCH3 is 1. The zero-order valence-electron chi connectivity index (χ0n) is 16.6. The molecule has 4 rings (SSSR count). The van der Waals surface area contributed by atoms with Crippen molar-refractivity contribution in [2.45, 2.75) is 20.4 Å². The van der Waals surface area contributed by atoms with E-state index >= 15 is 0 Å². The van der Waals surface area contributed by atoms with Crippen molar-refractivity contribution in [2.24, 2.45) is 0 Å². The number of carbonyl (C=O) groups excluding carboxylic acids is 1. The van der Waals surface area contributed by atoms with E-state index in [1.54, 1.807) is 37.5 Å². The van der Waals surface area contributed by atoms with E-state index < -0.39 is 0 Å². The van der Waals surface area contributed by atoms with E-state index in [1.807, 2.05) is 42.8 Å². The summed E-state index contributed by atoms with van der Waals surface area (Å²) in [6, 6.07) is 13.1. The van der Waals surface area contributed by atoms with Gasteiger partial charge in [0, 0.05) is 16.8 Å². The Kier molecular flexibility index (Phi) is 5.08. The number of aryl methyl sites for hydroxylation is 2. The van der Waals surface area contributed by atoms with Crippen LogP contribution in [0.15, 0.2) is 48.5 Å². The van der Waals surface area contributed by atoms with Crippen molar-refractivity contribution in [1.82, 2.24) is 9.78 Å². The van der Waals surface area contributed by atoms with Gasteiger partial charge < -0.3 is 14.2 Å². The summed E-state index contributed by atoms with van der Waals surface area (Å²) in [7, 11) is 1.65. The molecule has 0 amide bonds. The molecular formula is C23H22N2O4. The maximum atomic E-state index is 12.5. The highest BCUT2D eigenvalue weighted by molar-refractivity contribution is 6.07. The molecule has 6 heteroatoms. The minimum absolute atomic E-state index is 0.0980. The number of rotatable bonds is 6. The number of hydrogen-bond acceptors (Lipinski definition) is 5. The summed E-state index contributed by atoms with van der Waals surface area (Å²) < 4.78 is 18.1. The Labute approximate surface area is 169 Å². The second-order valence-corrected chi connectivity index (χ2v) is 6.92. The first-order chi connectivity index (χ1) is 14.0. The van der Waals surface area contributed by atoms with Gasteiger partial charge in [-0.3, -0.25) is 9.48 Å². The number of aromatic nitrogens is 2. The Morgan fingerprint density at radius 3 is 2.72 bits per heavy atom. The zero-order valence-corrected chi connectivity index (χ0v) is 16.6. The van der Waals surface area contributed by atoms with Crippen LogP contribution in [-0.2, 0) is 6.54 Å². The zero-order chi connectivity index (χ0) is 20.4. The van der Waals surface area contributed by atoms with Gasteiger partial charge in [0.15, 0.2) is 17.3 Å². The predicted molar refractivity (Wildman–Crippen MR) is 110 cm³/mol. The lowest BCUT2D eigenvalue weighted by Crippen LogP contribution is -2.05. The maximum Gasteiger partial charge on any atom is 0.231 e. The SMILES string of the molecule is COc1ccc(/C=C/C(=O)c2ccc3c(c2)OCO3)cc1Cn1nc(C)cc1C. The van der Waals surface area contributed by atoms with Gasteiger partial charge in [-0.25, -0.2) is 0 Å². The number of ketones is 1. The highest BCUT2D eigenvalue weighted by Crippen LogP contribution is 2.32. The molecule has 1 aliphatic heterocycles. The molecule has 0 aliphatic carbocycles. The summed E-state index contributed by atoms with van der Waals surface area (Å²) in [6.07, 6.45) is 3.36. The molecular weight excluding hydrogens is 368 g/mol. The lowest BCUT2D eigenvalue weighted by Gasteiger charge is -2.11. The molecule has 3 aromatic rings. The maximum absolute atomic E-state index is 12.5. The fourth-order valence-corrected chi connectivity index (χ4v) is 3.34. The monoisotopic (exact) mass is 390 g/mol. The topological polar surface area (TPSA) is 62.6 Å². The normalized spacial score (nSPS) is 12.5. The predicted octanol–water partition coefficient (Wildman–Crippen LogP) is 4.18. The average molecular weight is 390 g/mol. The minimum Gasteiger partial charge on any atom is -0.496 e. The summed E-state index contributed by atoms with van der Waals surface area (Å²) in [5, 5.41) is 4.52. The van der Waals surface area contributed by atoms with E-state index in [-0.39, 0.29) is 12.6 Å². The van der Waals surface area contributed by atoms with E-state index in [9.17, 15) is 4.79 Å².